The number of halogens is 2. The molecule has 0 bridgehead atoms. The fraction of sp³-hybridized carbons (Fsp3) is 0.294. The second kappa shape index (κ2) is 5.76. The molecule has 4 rings (SSSR count). The van der Waals surface area contributed by atoms with Gasteiger partial charge in [-0.1, -0.05) is 29.3 Å². The first-order valence-corrected chi connectivity index (χ1v) is 9.30. The number of thiophene rings is 1. The van der Waals surface area contributed by atoms with Gasteiger partial charge in [0.15, 0.2) is 0 Å². The smallest absolute Gasteiger partial charge is 0.319 e. The Morgan fingerprint density at radius 3 is 2.71 bits per heavy atom. The first-order valence-electron chi connectivity index (χ1n) is 7.67. The van der Waals surface area contributed by atoms with Crippen LogP contribution >= 0.6 is 34.5 Å². The molecule has 4 nitrogen and oxygen atoms in total. The van der Waals surface area contributed by atoms with Gasteiger partial charge >= 0.3 is 6.03 Å². The molecule has 1 aliphatic carbocycles. The normalized spacial score (nSPS) is 22.8. The van der Waals surface area contributed by atoms with E-state index in [9.17, 15) is 9.59 Å². The van der Waals surface area contributed by atoms with Crippen molar-refractivity contribution >= 4 is 46.5 Å². The van der Waals surface area contributed by atoms with Crippen molar-refractivity contribution in [3.63, 3.8) is 0 Å². The van der Waals surface area contributed by atoms with Gasteiger partial charge in [-0.15, -0.1) is 11.3 Å². The van der Waals surface area contributed by atoms with Crippen LogP contribution in [0.2, 0.25) is 10.0 Å². The van der Waals surface area contributed by atoms with E-state index in [2.05, 4.69) is 5.32 Å². The number of imide groups is 1. The number of urea groups is 1. The van der Waals surface area contributed by atoms with Crippen molar-refractivity contribution in [2.24, 2.45) is 0 Å². The number of carbonyl (C=O) groups excluding carboxylic acids is 2. The Labute approximate surface area is 153 Å². The van der Waals surface area contributed by atoms with Crippen LogP contribution in [0.25, 0.3) is 0 Å². The van der Waals surface area contributed by atoms with E-state index < -0.39 is 11.6 Å². The van der Waals surface area contributed by atoms with Crippen molar-refractivity contribution in [3.05, 3.63) is 55.7 Å². The van der Waals surface area contributed by atoms with Crippen molar-refractivity contribution in [2.75, 3.05) is 0 Å². The largest absolute Gasteiger partial charge is 0.325 e. The van der Waals surface area contributed by atoms with Gasteiger partial charge in [-0.3, -0.25) is 9.69 Å². The molecule has 2 aromatic rings. The van der Waals surface area contributed by atoms with E-state index in [0.29, 0.717) is 22.0 Å². The molecule has 1 aromatic carbocycles. The first kappa shape index (κ1) is 15.9. The Morgan fingerprint density at radius 2 is 1.96 bits per heavy atom. The number of aryl methyl sites for hydroxylation is 1. The van der Waals surface area contributed by atoms with Crippen molar-refractivity contribution < 1.29 is 9.59 Å². The number of amides is 3. The summed E-state index contributed by atoms with van der Waals surface area (Å²) in [6.07, 6.45) is 2.45. The zero-order valence-electron chi connectivity index (χ0n) is 12.6. The van der Waals surface area contributed by atoms with Crippen LogP contribution in [0.1, 0.15) is 28.8 Å². The number of nitrogens with one attached hydrogen (secondary N) is 1. The van der Waals surface area contributed by atoms with Gasteiger partial charge in [-0.25, -0.2) is 4.79 Å². The molecule has 1 atom stereocenters. The minimum atomic E-state index is -0.932. The van der Waals surface area contributed by atoms with Crippen LogP contribution in [-0.2, 0) is 23.3 Å². The Hall–Kier alpha value is -1.56. The van der Waals surface area contributed by atoms with Gasteiger partial charge in [-0.05, 0) is 42.8 Å². The summed E-state index contributed by atoms with van der Waals surface area (Å²) in [5.74, 6) is -0.220. The number of carbonyl (C=O) groups is 2. The third-order valence-electron chi connectivity index (χ3n) is 4.71. The van der Waals surface area contributed by atoms with Crippen molar-refractivity contribution in [3.8, 4) is 0 Å². The van der Waals surface area contributed by atoms with Crippen molar-refractivity contribution in [1.29, 1.82) is 0 Å². The lowest BCUT2D eigenvalue weighted by Gasteiger charge is -2.31. The Bertz CT molecular complexity index is 831. The van der Waals surface area contributed by atoms with Gasteiger partial charge in [-0.2, -0.15) is 0 Å². The van der Waals surface area contributed by atoms with Gasteiger partial charge in [0.1, 0.15) is 5.54 Å². The Balaban J connectivity index is 1.71. The molecule has 1 aliphatic heterocycles. The molecule has 124 valence electrons. The molecule has 1 aromatic heterocycles. The van der Waals surface area contributed by atoms with Crippen LogP contribution < -0.4 is 5.32 Å². The summed E-state index contributed by atoms with van der Waals surface area (Å²) in [6.45, 7) is 0.0738. The molecule has 1 N–H and O–H groups in total. The first-order chi connectivity index (χ1) is 11.5. The molecule has 2 heterocycles. The minimum absolute atomic E-state index is 0.0738. The highest BCUT2D eigenvalue weighted by molar-refractivity contribution is 7.10. The standard InChI is InChI=1S/C17H14Cl2N2O2S/c18-12-3-1-4-13(19)10(12)9-21-15(22)17(20-16(21)23)7-2-5-14-11(17)6-8-24-14/h1,3-4,6,8H,2,5,7,9H2,(H,20,23)/t17-/m1/s1. The van der Waals surface area contributed by atoms with Gasteiger partial charge < -0.3 is 5.32 Å². The number of hydrogen-bond donors (Lipinski definition) is 1. The zero-order chi connectivity index (χ0) is 16.9. The maximum atomic E-state index is 13.1. The molecule has 3 amide bonds. The van der Waals surface area contributed by atoms with E-state index in [4.69, 9.17) is 23.2 Å². The monoisotopic (exact) mass is 380 g/mol. The highest BCUT2D eigenvalue weighted by atomic mass is 35.5. The molecule has 7 heteroatoms. The molecule has 0 unspecified atom stereocenters. The second-order valence-electron chi connectivity index (χ2n) is 6.04. The molecule has 0 saturated carbocycles. The molecule has 2 aliphatic rings. The lowest BCUT2D eigenvalue weighted by atomic mass is 9.80. The number of nitrogens with zero attached hydrogens (tertiary/aromatic N) is 1. The average Bonchev–Trinajstić information content (AvgIpc) is 3.11. The van der Waals surface area contributed by atoms with Crippen molar-refractivity contribution in [1.82, 2.24) is 10.2 Å². The Morgan fingerprint density at radius 1 is 1.21 bits per heavy atom. The lowest BCUT2D eigenvalue weighted by molar-refractivity contribution is -0.132. The third-order valence-corrected chi connectivity index (χ3v) is 6.40. The zero-order valence-corrected chi connectivity index (χ0v) is 15.0. The van der Waals surface area contributed by atoms with Gasteiger partial charge in [0.05, 0.1) is 6.54 Å². The fourth-order valence-electron chi connectivity index (χ4n) is 3.53. The van der Waals surface area contributed by atoms with E-state index in [0.717, 1.165) is 18.4 Å². The number of benzene rings is 1. The third kappa shape index (κ3) is 2.26. The molecular weight excluding hydrogens is 367 g/mol. The van der Waals surface area contributed by atoms with E-state index >= 15 is 0 Å². The number of fused-ring (bicyclic) bond motifs is 2. The summed E-state index contributed by atoms with van der Waals surface area (Å²) in [4.78, 5) is 28.1. The molecule has 1 spiro atoms. The van der Waals surface area contributed by atoms with E-state index in [1.807, 2.05) is 11.4 Å². The molecule has 1 saturated heterocycles. The topological polar surface area (TPSA) is 49.4 Å². The summed E-state index contributed by atoms with van der Waals surface area (Å²) in [5.41, 5.74) is 0.589. The highest BCUT2D eigenvalue weighted by Crippen LogP contribution is 2.42. The van der Waals surface area contributed by atoms with Crippen LogP contribution in [0.4, 0.5) is 4.79 Å². The SMILES string of the molecule is O=C1N[C@@]2(CCCc3sccc32)C(=O)N1Cc1c(Cl)cccc1Cl. The van der Waals surface area contributed by atoms with Crippen LogP contribution in [0, 0.1) is 0 Å². The van der Waals surface area contributed by atoms with Gasteiger partial charge in [0.2, 0.25) is 0 Å². The van der Waals surface area contributed by atoms with Gasteiger partial charge in [0, 0.05) is 26.0 Å². The quantitative estimate of drug-likeness (QED) is 0.787. The average molecular weight is 381 g/mol. The van der Waals surface area contributed by atoms with E-state index in [-0.39, 0.29) is 12.5 Å². The molecule has 1 fully saturated rings. The fourth-order valence-corrected chi connectivity index (χ4v) is 5.04. The van der Waals surface area contributed by atoms with E-state index in [1.165, 1.54) is 9.78 Å². The van der Waals surface area contributed by atoms with Gasteiger partial charge in [0.25, 0.3) is 5.91 Å². The maximum Gasteiger partial charge on any atom is 0.325 e. The summed E-state index contributed by atoms with van der Waals surface area (Å²) >= 11 is 14.0. The number of rotatable bonds is 2. The van der Waals surface area contributed by atoms with Crippen molar-refractivity contribution in [2.45, 2.75) is 31.3 Å². The molecule has 0 radical (unpaired) electrons. The summed E-state index contributed by atoms with van der Waals surface area (Å²) in [5, 5.41) is 5.80. The summed E-state index contributed by atoms with van der Waals surface area (Å²) in [6, 6.07) is 6.70. The van der Waals surface area contributed by atoms with Crippen LogP contribution in [0.15, 0.2) is 29.6 Å². The van der Waals surface area contributed by atoms with E-state index in [1.54, 1.807) is 29.5 Å². The highest BCUT2D eigenvalue weighted by Gasteiger charge is 2.54. The summed E-state index contributed by atoms with van der Waals surface area (Å²) in [7, 11) is 0. The van der Waals surface area contributed by atoms with Crippen LogP contribution in [0.5, 0.6) is 0 Å². The summed E-state index contributed by atoms with van der Waals surface area (Å²) < 4.78 is 0. The Kier molecular flexibility index (Phi) is 3.82. The second-order valence-corrected chi connectivity index (χ2v) is 7.85. The maximum absolute atomic E-state index is 13.1. The van der Waals surface area contributed by atoms with Crippen LogP contribution in [-0.4, -0.2) is 16.8 Å². The molecule has 24 heavy (non-hydrogen) atoms. The lowest BCUT2D eigenvalue weighted by Crippen LogP contribution is -2.46. The molecular formula is C17H14Cl2N2O2S. The number of hydrogen-bond acceptors (Lipinski definition) is 3. The van der Waals surface area contributed by atoms with Crippen LogP contribution in [0.3, 0.4) is 0 Å². The minimum Gasteiger partial charge on any atom is -0.319 e. The predicted octanol–water partition coefficient (Wildman–Crippen LogP) is 4.34. The predicted molar refractivity (Wildman–Crippen MR) is 94.5 cm³/mol.